The lowest BCUT2D eigenvalue weighted by atomic mass is 10.4. The van der Waals surface area contributed by atoms with Gasteiger partial charge in [0.25, 0.3) is 0 Å². The largest absolute Gasteiger partial charge is 0.238 e. The minimum atomic E-state index is 0.657. The first-order valence-corrected chi connectivity index (χ1v) is 3.27. The zero-order chi connectivity index (χ0) is 6.57. The van der Waals surface area contributed by atoms with E-state index in [1.54, 1.807) is 0 Å². The predicted molar refractivity (Wildman–Crippen MR) is 37.7 cm³/mol. The average Bonchev–Trinajstić information content (AvgIpc) is 1.69. The third-order valence-corrected chi connectivity index (χ3v) is 1.36. The second-order valence-electron chi connectivity index (χ2n) is 2.18. The Hall–Kier alpha value is -0.330. The molecule has 8 heavy (non-hydrogen) atoms. The Balaban J connectivity index is 3.72. The van der Waals surface area contributed by atoms with E-state index >= 15 is 0 Å². The van der Waals surface area contributed by atoms with Gasteiger partial charge in [-0.15, -0.1) is 0 Å². The van der Waals surface area contributed by atoms with Crippen molar-refractivity contribution < 1.29 is 4.58 Å². The molecule has 0 aliphatic rings. The van der Waals surface area contributed by atoms with Gasteiger partial charge >= 0.3 is 0 Å². The number of nitrogens with zero attached hydrogens (tertiary/aromatic N) is 1. The van der Waals surface area contributed by atoms with Gasteiger partial charge in [0.05, 0.1) is 0 Å². The Bertz CT molecular complexity index is 82.4. The first kappa shape index (κ1) is 7.67. The van der Waals surface area contributed by atoms with Crippen LogP contribution in [0.4, 0.5) is 0 Å². The Morgan fingerprint density at radius 3 is 2.00 bits per heavy atom. The molecule has 1 heteroatoms. The molecule has 0 bridgehead atoms. The number of rotatable bonds is 2. The van der Waals surface area contributed by atoms with Gasteiger partial charge in [-0.25, -0.2) is 4.58 Å². The van der Waals surface area contributed by atoms with Gasteiger partial charge in [0.15, 0.2) is 0 Å². The van der Waals surface area contributed by atoms with Crippen molar-refractivity contribution in [2.24, 2.45) is 0 Å². The maximum Gasteiger partial charge on any atom is 0.146 e. The van der Waals surface area contributed by atoms with Crippen LogP contribution in [-0.4, -0.2) is 23.4 Å². The highest BCUT2D eigenvalue weighted by Gasteiger charge is 2.01. The molecular formula is C7H16N+. The number of hydrogen-bond acceptors (Lipinski definition) is 0. The highest BCUT2D eigenvalue weighted by molar-refractivity contribution is 5.46. The molecule has 0 fully saturated rings. The zero-order valence-corrected chi connectivity index (χ0v) is 6.31. The lowest BCUT2D eigenvalue weighted by molar-refractivity contribution is -0.551. The summed E-state index contributed by atoms with van der Waals surface area (Å²) in [6.45, 7) is 9.75. The lowest BCUT2D eigenvalue weighted by Gasteiger charge is -2.01. The minimum absolute atomic E-state index is 0.657. The van der Waals surface area contributed by atoms with Crippen LogP contribution in [0.2, 0.25) is 0 Å². The summed E-state index contributed by atoms with van der Waals surface area (Å²) in [5, 5.41) is 0. The maximum absolute atomic E-state index is 2.29. The van der Waals surface area contributed by atoms with Crippen molar-refractivity contribution in [2.75, 3.05) is 6.54 Å². The van der Waals surface area contributed by atoms with E-state index in [1.807, 2.05) is 0 Å². The monoisotopic (exact) mass is 114 g/mol. The third-order valence-electron chi connectivity index (χ3n) is 1.36. The fourth-order valence-corrected chi connectivity index (χ4v) is 0.846. The van der Waals surface area contributed by atoms with Gasteiger partial charge in [-0.2, -0.15) is 0 Å². The molecule has 0 aromatic rings. The Morgan fingerprint density at radius 2 is 2.00 bits per heavy atom. The van der Waals surface area contributed by atoms with Crippen LogP contribution >= 0.6 is 0 Å². The molecule has 0 aromatic heterocycles. The molecule has 0 aliphatic heterocycles. The highest BCUT2D eigenvalue weighted by Crippen LogP contribution is 1.84. The first-order valence-electron chi connectivity index (χ1n) is 3.27. The van der Waals surface area contributed by atoms with Gasteiger partial charge < -0.3 is 0 Å². The molecule has 1 nitrogen and oxygen atoms in total. The van der Waals surface area contributed by atoms with E-state index in [2.05, 4.69) is 38.5 Å². The van der Waals surface area contributed by atoms with E-state index in [1.165, 1.54) is 0 Å². The average molecular weight is 114 g/mol. The lowest BCUT2D eigenvalue weighted by Crippen LogP contribution is -2.19. The van der Waals surface area contributed by atoms with Crippen molar-refractivity contribution in [1.29, 1.82) is 0 Å². The van der Waals surface area contributed by atoms with Gasteiger partial charge in [0.1, 0.15) is 18.8 Å². The Kier molecular flexibility index (Phi) is 3.49. The second kappa shape index (κ2) is 3.65. The quantitative estimate of drug-likeness (QED) is 0.378. The summed E-state index contributed by atoms with van der Waals surface area (Å²) < 4.78 is 2.29. The fourth-order valence-electron chi connectivity index (χ4n) is 0.846. The molecule has 0 radical (unpaired) electrons. The van der Waals surface area contributed by atoms with Crippen LogP contribution in [0.25, 0.3) is 0 Å². The van der Waals surface area contributed by atoms with Crippen LogP contribution in [0, 0.1) is 0 Å². The molecule has 0 spiro atoms. The van der Waals surface area contributed by atoms with E-state index in [0.29, 0.717) is 6.04 Å². The van der Waals surface area contributed by atoms with Gasteiger partial charge in [0, 0.05) is 6.92 Å². The molecule has 48 valence electrons. The predicted octanol–water partition coefficient (Wildman–Crippen LogP) is 1.52. The van der Waals surface area contributed by atoms with E-state index in [4.69, 9.17) is 0 Å². The fraction of sp³-hybridized carbons (Fsp3) is 0.857. The molecule has 0 amide bonds. The van der Waals surface area contributed by atoms with E-state index in [9.17, 15) is 0 Å². The minimum Gasteiger partial charge on any atom is -0.238 e. The van der Waals surface area contributed by atoms with Gasteiger partial charge in [0.2, 0.25) is 0 Å². The summed E-state index contributed by atoms with van der Waals surface area (Å²) in [7, 11) is 0. The van der Waals surface area contributed by atoms with Crippen molar-refractivity contribution in [1.82, 2.24) is 0 Å². The smallest absolute Gasteiger partial charge is 0.146 e. The van der Waals surface area contributed by atoms with Crippen molar-refractivity contribution >= 4 is 6.21 Å². The van der Waals surface area contributed by atoms with Crippen molar-refractivity contribution in [3.63, 3.8) is 0 Å². The molecule has 0 atom stereocenters. The molecule has 0 saturated heterocycles. The summed E-state index contributed by atoms with van der Waals surface area (Å²) in [6, 6.07) is 0.657. The highest BCUT2D eigenvalue weighted by atomic mass is 15.0. The summed E-state index contributed by atoms with van der Waals surface area (Å²) >= 11 is 0. The van der Waals surface area contributed by atoms with Gasteiger partial charge in [-0.3, -0.25) is 0 Å². The summed E-state index contributed by atoms with van der Waals surface area (Å²) in [6.07, 6.45) is 2.13. The summed E-state index contributed by atoms with van der Waals surface area (Å²) in [5.41, 5.74) is 0. The Morgan fingerprint density at radius 1 is 1.50 bits per heavy atom. The third kappa shape index (κ3) is 2.10. The summed E-state index contributed by atoms with van der Waals surface area (Å²) in [4.78, 5) is 0. The van der Waals surface area contributed by atoms with E-state index < -0.39 is 0 Å². The van der Waals surface area contributed by atoms with Crippen LogP contribution in [0.15, 0.2) is 0 Å². The molecular weight excluding hydrogens is 98.1 g/mol. The zero-order valence-electron chi connectivity index (χ0n) is 6.31. The molecule has 0 aromatic carbocycles. The SMILES string of the molecule is C/C=[N+](\CC)C(C)C. The van der Waals surface area contributed by atoms with E-state index in [-0.39, 0.29) is 0 Å². The van der Waals surface area contributed by atoms with Crippen molar-refractivity contribution in [3.8, 4) is 0 Å². The number of hydrogen-bond donors (Lipinski definition) is 0. The standard InChI is InChI=1S/C7H16N/c1-5-8(6-2)7(3)4/h5,7H,6H2,1-4H3/q+1/b8-5+. The van der Waals surface area contributed by atoms with E-state index in [0.717, 1.165) is 6.54 Å². The molecule has 0 N–H and O–H groups in total. The second-order valence-corrected chi connectivity index (χ2v) is 2.18. The maximum atomic E-state index is 2.29. The molecule has 0 rings (SSSR count). The molecule has 0 heterocycles. The van der Waals surface area contributed by atoms with Gasteiger partial charge in [-0.1, -0.05) is 0 Å². The van der Waals surface area contributed by atoms with Gasteiger partial charge in [-0.05, 0) is 20.8 Å². The van der Waals surface area contributed by atoms with Crippen molar-refractivity contribution in [2.45, 2.75) is 33.7 Å². The van der Waals surface area contributed by atoms with Crippen LogP contribution in [0.3, 0.4) is 0 Å². The molecule has 0 saturated carbocycles. The normalized spacial score (nSPS) is 12.9. The van der Waals surface area contributed by atoms with Crippen LogP contribution in [0.1, 0.15) is 27.7 Å². The first-order chi connectivity index (χ1) is 3.72. The summed E-state index contributed by atoms with van der Waals surface area (Å²) in [5.74, 6) is 0. The molecule has 0 unspecified atom stereocenters. The van der Waals surface area contributed by atoms with Crippen LogP contribution < -0.4 is 0 Å². The topological polar surface area (TPSA) is 3.01 Å². The Labute approximate surface area is 52.0 Å². The molecule has 0 aliphatic carbocycles. The van der Waals surface area contributed by atoms with Crippen LogP contribution in [0.5, 0.6) is 0 Å². The van der Waals surface area contributed by atoms with Crippen molar-refractivity contribution in [3.05, 3.63) is 0 Å². The van der Waals surface area contributed by atoms with Crippen LogP contribution in [-0.2, 0) is 0 Å².